The summed E-state index contributed by atoms with van der Waals surface area (Å²) in [7, 11) is 3.12. The lowest BCUT2D eigenvalue weighted by Crippen LogP contribution is -2.37. The van der Waals surface area contributed by atoms with Crippen LogP contribution >= 0.6 is 0 Å². The molecular formula is C13H17FN2O2. The van der Waals surface area contributed by atoms with E-state index in [0.717, 1.165) is 18.4 Å². The quantitative estimate of drug-likeness (QED) is 0.892. The highest BCUT2D eigenvalue weighted by molar-refractivity contribution is 5.74. The SMILES string of the molecule is COc1ccc(CN(C)C(=O)NC2CC2)cc1F. The second-order valence-electron chi connectivity index (χ2n) is 4.55. The fraction of sp³-hybridized carbons (Fsp3) is 0.462. The van der Waals surface area contributed by atoms with Crippen molar-refractivity contribution < 1.29 is 13.9 Å². The smallest absolute Gasteiger partial charge is 0.317 e. The second kappa shape index (κ2) is 5.25. The molecule has 1 aromatic carbocycles. The molecule has 1 aliphatic rings. The Labute approximate surface area is 106 Å². The molecule has 18 heavy (non-hydrogen) atoms. The van der Waals surface area contributed by atoms with Crippen molar-refractivity contribution in [1.29, 1.82) is 0 Å². The Morgan fingerprint density at radius 3 is 2.83 bits per heavy atom. The van der Waals surface area contributed by atoms with Crippen LogP contribution in [0.1, 0.15) is 18.4 Å². The first-order valence-corrected chi connectivity index (χ1v) is 5.94. The van der Waals surface area contributed by atoms with E-state index < -0.39 is 5.82 Å². The number of hydrogen-bond donors (Lipinski definition) is 1. The van der Waals surface area contributed by atoms with Gasteiger partial charge in [-0.25, -0.2) is 9.18 Å². The number of halogens is 1. The molecule has 0 atom stereocenters. The fourth-order valence-corrected chi connectivity index (χ4v) is 1.67. The van der Waals surface area contributed by atoms with Crippen LogP contribution in [0.15, 0.2) is 18.2 Å². The molecule has 1 aromatic rings. The Kier molecular flexibility index (Phi) is 3.69. The summed E-state index contributed by atoms with van der Waals surface area (Å²) in [6.07, 6.45) is 2.10. The van der Waals surface area contributed by atoms with Crippen molar-refractivity contribution in [2.45, 2.75) is 25.4 Å². The number of hydrogen-bond acceptors (Lipinski definition) is 2. The maximum absolute atomic E-state index is 13.5. The molecule has 5 heteroatoms. The number of amides is 2. The van der Waals surface area contributed by atoms with Gasteiger partial charge in [0.05, 0.1) is 7.11 Å². The number of urea groups is 1. The molecular weight excluding hydrogens is 235 g/mol. The molecule has 2 rings (SSSR count). The monoisotopic (exact) mass is 252 g/mol. The van der Waals surface area contributed by atoms with Gasteiger partial charge in [0.1, 0.15) is 0 Å². The largest absolute Gasteiger partial charge is 0.494 e. The summed E-state index contributed by atoms with van der Waals surface area (Å²) in [5, 5.41) is 2.88. The van der Waals surface area contributed by atoms with Gasteiger partial charge in [-0.2, -0.15) is 0 Å². The first-order chi connectivity index (χ1) is 8.60. The van der Waals surface area contributed by atoms with Crippen LogP contribution < -0.4 is 10.1 Å². The van der Waals surface area contributed by atoms with Gasteiger partial charge < -0.3 is 15.0 Å². The number of ether oxygens (including phenoxy) is 1. The molecule has 98 valence electrons. The lowest BCUT2D eigenvalue weighted by atomic mass is 10.2. The lowest BCUT2D eigenvalue weighted by molar-refractivity contribution is 0.206. The summed E-state index contributed by atoms with van der Waals surface area (Å²) in [5.41, 5.74) is 0.738. The Balaban J connectivity index is 1.95. The van der Waals surface area contributed by atoms with Crippen LogP contribution in [0.4, 0.5) is 9.18 Å². The number of carbonyl (C=O) groups is 1. The van der Waals surface area contributed by atoms with Gasteiger partial charge in [0, 0.05) is 19.6 Å². The average Bonchev–Trinajstić information content (AvgIpc) is 3.13. The van der Waals surface area contributed by atoms with Crippen LogP contribution in [0.25, 0.3) is 0 Å². The second-order valence-corrected chi connectivity index (χ2v) is 4.55. The van der Waals surface area contributed by atoms with Gasteiger partial charge in [0.15, 0.2) is 11.6 Å². The van der Waals surface area contributed by atoms with E-state index in [4.69, 9.17) is 4.74 Å². The topological polar surface area (TPSA) is 41.6 Å². The van der Waals surface area contributed by atoms with E-state index in [1.165, 1.54) is 13.2 Å². The summed E-state index contributed by atoms with van der Waals surface area (Å²) >= 11 is 0. The summed E-state index contributed by atoms with van der Waals surface area (Å²) < 4.78 is 18.3. The molecule has 0 spiro atoms. The molecule has 1 saturated carbocycles. The Morgan fingerprint density at radius 2 is 2.28 bits per heavy atom. The van der Waals surface area contributed by atoms with Crippen molar-refractivity contribution in [1.82, 2.24) is 10.2 Å². The van der Waals surface area contributed by atoms with E-state index in [1.807, 2.05) is 0 Å². The van der Waals surface area contributed by atoms with Crippen LogP contribution in [0.5, 0.6) is 5.75 Å². The Hall–Kier alpha value is -1.78. The van der Waals surface area contributed by atoms with Crippen LogP contribution in [0, 0.1) is 5.82 Å². The van der Waals surface area contributed by atoms with Crippen molar-refractivity contribution in [3.05, 3.63) is 29.6 Å². The number of rotatable bonds is 4. The average molecular weight is 252 g/mol. The zero-order chi connectivity index (χ0) is 13.1. The normalized spacial score (nSPS) is 14.2. The van der Waals surface area contributed by atoms with E-state index in [0.29, 0.717) is 12.6 Å². The Bertz CT molecular complexity index is 447. The van der Waals surface area contributed by atoms with Crippen molar-refractivity contribution in [3.63, 3.8) is 0 Å². The molecule has 0 saturated heterocycles. The molecule has 0 unspecified atom stereocenters. The predicted molar refractivity (Wildman–Crippen MR) is 66.0 cm³/mol. The van der Waals surface area contributed by atoms with Crippen LogP contribution in [-0.2, 0) is 6.54 Å². The molecule has 0 heterocycles. The van der Waals surface area contributed by atoms with E-state index in [9.17, 15) is 9.18 Å². The molecule has 2 amide bonds. The summed E-state index contributed by atoms with van der Waals surface area (Å²) in [5.74, 6) is -0.199. The van der Waals surface area contributed by atoms with E-state index in [-0.39, 0.29) is 11.8 Å². The number of nitrogens with one attached hydrogen (secondary N) is 1. The first kappa shape index (κ1) is 12.7. The highest BCUT2D eigenvalue weighted by Crippen LogP contribution is 2.20. The summed E-state index contributed by atoms with van der Waals surface area (Å²) in [4.78, 5) is 13.2. The molecule has 4 nitrogen and oxygen atoms in total. The van der Waals surface area contributed by atoms with Crippen LogP contribution in [0.3, 0.4) is 0 Å². The van der Waals surface area contributed by atoms with E-state index in [1.54, 1.807) is 24.1 Å². The molecule has 1 fully saturated rings. The number of benzene rings is 1. The zero-order valence-electron chi connectivity index (χ0n) is 10.6. The van der Waals surface area contributed by atoms with Gasteiger partial charge in [-0.15, -0.1) is 0 Å². The molecule has 1 N–H and O–H groups in total. The van der Waals surface area contributed by atoms with Crippen molar-refractivity contribution in [3.8, 4) is 5.75 Å². The van der Waals surface area contributed by atoms with E-state index in [2.05, 4.69) is 5.32 Å². The third kappa shape index (κ3) is 3.12. The minimum Gasteiger partial charge on any atom is -0.494 e. The minimum atomic E-state index is -0.411. The third-order valence-electron chi connectivity index (χ3n) is 2.89. The van der Waals surface area contributed by atoms with Gasteiger partial charge in [-0.1, -0.05) is 6.07 Å². The van der Waals surface area contributed by atoms with Gasteiger partial charge in [-0.05, 0) is 30.5 Å². The van der Waals surface area contributed by atoms with Gasteiger partial charge in [0.2, 0.25) is 0 Å². The van der Waals surface area contributed by atoms with Crippen LogP contribution in [0.2, 0.25) is 0 Å². The first-order valence-electron chi connectivity index (χ1n) is 5.94. The highest BCUT2D eigenvalue weighted by atomic mass is 19.1. The number of methoxy groups -OCH3 is 1. The number of carbonyl (C=O) groups excluding carboxylic acids is 1. The predicted octanol–water partition coefficient (Wildman–Crippen LogP) is 2.14. The Morgan fingerprint density at radius 1 is 1.56 bits per heavy atom. The van der Waals surface area contributed by atoms with Crippen molar-refractivity contribution in [2.24, 2.45) is 0 Å². The zero-order valence-corrected chi connectivity index (χ0v) is 10.6. The molecule has 0 aromatic heterocycles. The number of nitrogens with zero attached hydrogens (tertiary/aromatic N) is 1. The fourth-order valence-electron chi connectivity index (χ4n) is 1.67. The molecule has 0 radical (unpaired) electrons. The molecule has 0 bridgehead atoms. The summed E-state index contributed by atoms with van der Waals surface area (Å²) in [6, 6.07) is 4.92. The maximum Gasteiger partial charge on any atom is 0.317 e. The van der Waals surface area contributed by atoms with Gasteiger partial charge in [0.25, 0.3) is 0 Å². The van der Waals surface area contributed by atoms with Crippen molar-refractivity contribution >= 4 is 6.03 Å². The maximum atomic E-state index is 13.5. The molecule has 1 aliphatic carbocycles. The van der Waals surface area contributed by atoms with Crippen molar-refractivity contribution in [2.75, 3.05) is 14.2 Å². The van der Waals surface area contributed by atoms with Gasteiger partial charge >= 0.3 is 6.03 Å². The highest BCUT2D eigenvalue weighted by Gasteiger charge is 2.24. The van der Waals surface area contributed by atoms with Gasteiger partial charge in [-0.3, -0.25) is 0 Å². The lowest BCUT2D eigenvalue weighted by Gasteiger charge is -2.18. The third-order valence-corrected chi connectivity index (χ3v) is 2.89. The summed E-state index contributed by atoms with van der Waals surface area (Å²) in [6.45, 7) is 0.374. The van der Waals surface area contributed by atoms with Crippen LogP contribution in [-0.4, -0.2) is 31.1 Å². The van der Waals surface area contributed by atoms with E-state index >= 15 is 0 Å². The minimum absolute atomic E-state index is 0.117. The molecule has 0 aliphatic heterocycles. The standard InChI is InChI=1S/C13H17FN2O2/c1-16(13(17)15-10-4-5-10)8-9-3-6-12(18-2)11(14)7-9/h3,6-7,10H,4-5,8H2,1-2H3,(H,15,17).